The number of nitro groups is 1. The fourth-order valence-electron chi connectivity index (χ4n) is 3.03. The van der Waals surface area contributed by atoms with Crippen molar-refractivity contribution in [2.45, 2.75) is 11.8 Å². The van der Waals surface area contributed by atoms with Crippen LogP contribution in [0.5, 0.6) is 0 Å². The zero-order valence-corrected chi connectivity index (χ0v) is 16.0. The average molecular weight is 414 g/mol. The molecule has 1 aliphatic rings. The second-order valence-electron chi connectivity index (χ2n) is 6.19. The summed E-state index contributed by atoms with van der Waals surface area (Å²) in [7, 11) is -3.95. The highest BCUT2D eigenvalue weighted by atomic mass is 35.5. The molecule has 27 heavy (non-hydrogen) atoms. The third-order valence-electron chi connectivity index (χ3n) is 4.50. The number of nitrogens with zero attached hydrogens (tertiary/aromatic N) is 3. The summed E-state index contributed by atoms with van der Waals surface area (Å²) < 4.78 is 40.3. The predicted octanol–water partition coefficient (Wildman–Crippen LogP) is 3.21. The maximum absolute atomic E-state index is 13.5. The van der Waals surface area contributed by atoms with Crippen molar-refractivity contribution in [3.05, 3.63) is 62.9 Å². The molecule has 1 fully saturated rings. The van der Waals surface area contributed by atoms with Gasteiger partial charge in [0, 0.05) is 43.0 Å². The molecule has 10 heteroatoms. The highest BCUT2D eigenvalue weighted by Crippen LogP contribution is 2.28. The number of rotatable bonds is 4. The molecule has 144 valence electrons. The summed E-state index contributed by atoms with van der Waals surface area (Å²) in [6.45, 7) is 3.26. The van der Waals surface area contributed by atoms with Gasteiger partial charge in [0.05, 0.1) is 9.82 Å². The van der Waals surface area contributed by atoms with Crippen LogP contribution < -0.4 is 4.90 Å². The number of benzene rings is 2. The molecule has 0 N–H and O–H groups in total. The Labute approximate surface area is 161 Å². The molecule has 1 heterocycles. The van der Waals surface area contributed by atoms with Gasteiger partial charge in [-0.15, -0.1) is 0 Å². The Morgan fingerprint density at radius 3 is 2.41 bits per heavy atom. The quantitative estimate of drug-likeness (QED) is 0.567. The monoisotopic (exact) mass is 413 g/mol. The predicted molar refractivity (Wildman–Crippen MR) is 100 cm³/mol. The van der Waals surface area contributed by atoms with E-state index in [1.165, 1.54) is 4.31 Å². The first-order valence-corrected chi connectivity index (χ1v) is 9.97. The van der Waals surface area contributed by atoms with Crippen LogP contribution in [0.3, 0.4) is 0 Å². The highest BCUT2D eigenvalue weighted by Gasteiger charge is 2.31. The molecular weight excluding hydrogens is 397 g/mol. The van der Waals surface area contributed by atoms with Crippen molar-refractivity contribution in [1.29, 1.82) is 0 Å². The van der Waals surface area contributed by atoms with Crippen LogP contribution >= 0.6 is 11.6 Å². The summed E-state index contributed by atoms with van der Waals surface area (Å²) in [5, 5.41) is 11.5. The SMILES string of the molecule is Cc1ccc(Cl)cc1N1CCN(S(=O)(=O)c2ccc(F)c([N+](=O)[O-])c2)CC1. The van der Waals surface area contributed by atoms with Gasteiger partial charge in [0.1, 0.15) is 0 Å². The van der Waals surface area contributed by atoms with Crippen molar-refractivity contribution < 1.29 is 17.7 Å². The molecule has 0 radical (unpaired) electrons. The van der Waals surface area contributed by atoms with E-state index in [2.05, 4.69) is 0 Å². The van der Waals surface area contributed by atoms with Gasteiger partial charge in [0.25, 0.3) is 0 Å². The van der Waals surface area contributed by atoms with Gasteiger partial charge in [-0.1, -0.05) is 17.7 Å². The number of hydrogen-bond donors (Lipinski definition) is 0. The minimum Gasteiger partial charge on any atom is -0.369 e. The number of sulfonamides is 1. The largest absolute Gasteiger partial charge is 0.369 e. The number of aryl methyl sites for hydroxylation is 1. The molecule has 0 aromatic heterocycles. The fraction of sp³-hybridized carbons (Fsp3) is 0.294. The summed E-state index contributed by atoms with van der Waals surface area (Å²) in [6.07, 6.45) is 0. The van der Waals surface area contributed by atoms with Crippen molar-refractivity contribution in [1.82, 2.24) is 4.31 Å². The third kappa shape index (κ3) is 3.90. The van der Waals surface area contributed by atoms with Crippen LogP contribution in [-0.2, 0) is 10.0 Å². The molecule has 1 aliphatic heterocycles. The van der Waals surface area contributed by atoms with E-state index < -0.39 is 26.5 Å². The van der Waals surface area contributed by atoms with Crippen molar-refractivity contribution in [2.24, 2.45) is 0 Å². The van der Waals surface area contributed by atoms with Gasteiger partial charge in [-0.25, -0.2) is 8.42 Å². The molecule has 0 spiro atoms. The molecule has 0 bridgehead atoms. The minimum atomic E-state index is -3.95. The van der Waals surface area contributed by atoms with Crippen LogP contribution in [0.2, 0.25) is 5.02 Å². The van der Waals surface area contributed by atoms with E-state index in [4.69, 9.17) is 11.6 Å². The van der Waals surface area contributed by atoms with Crippen molar-refractivity contribution >= 4 is 33.0 Å². The van der Waals surface area contributed by atoms with Crippen molar-refractivity contribution in [3.63, 3.8) is 0 Å². The van der Waals surface area contributed by atoms with Crippen molar-refractivity contribution in [2.75, 3.05) is 31.1 Å². The zero-order chi connectivity index (χ0) is 19.8. The van der Waals surface area contributed by atoms with Crippen LogP contribution in [0, 0.1) is 22.9 Å². The van der Waals surface area contributed by atoms with Gasteiger partial charge >= 0.3 is 5.69 Å². The average Bonchev–Trinajstić information content (AvgIpc) is 2.64. The maximum Gasteiger partial charge on any atom is 0.306 e. The molecular formula is C17H17ClFN3O4S. The number of hydrogen-bond acceptors (Lipinski definition) is 5. The topological polar surface area (TPSA) is 83.8 Å². The molecule has 2 aromatic rings. The molecule has 3 rings (SSSR count). The zero-order valence-electron chi connectivity index (χ0n) is 14.4. The Morgan fingerprint density at radius 2 is 1.78 bits per heavy atom. The second kappa shape index (κ2) is 7.41. The Hall–Kier alpha value is -2.23. The first-order chi connectivity index (χ1) is 12.7. The van der Waals surface area contributed by atoms with E-state index in [-0.39, 0.29) is 18.0 Å². The summed E-state index contributed by atoms with van der Waals surface area (Å²) in [6, 6.07) is 8.14. The summed E-state index contributed by atoms with van der Waals surface area (Å²) in [5.41, 5.74) is 1.12. The Kier molecular flexibility index (Phi) is 5.36. The van der Waals surface area contributed by atoms with Crippen LogP contribution in [0.4, 0.5) is 15.8 Å². The lowest BCUT2D eigenvalue weighted by molar-refractivity contribution is -0.387. The Bertz CT molecular complexity index is 992. The molecule has 2 aromatic carbocycles. The van der Waals surface area contributed by atoms with Gasteiger partial charge < -0.3 is 4.90 Å². The number of halogens is 2. The van der Waals surface area contributed by atoms with Gasteiger partial charge in [0.15, 0.2) is 0 Å². The first-order valence-electron chi connectivity index (χ1n) is 8.15. The molecule has 7 nitrogen and oxygen atoms in total. The van der Waals surface area contributed by atoms with E-state index in [0.29, 0.717) is 18.1 Å². The van der Waals surface area contributed by atoms with Gasteiger partial charge in [-0.3, -0.25) is 10.1 Å². The van der Waals surface area contributed by atoms with Gasteiger partial charge in [-0.2, -0.15) is 8.70 Å². The van der Waals surface area contributed by atoms with E-state index in [1.54, 1.807) is 6.07 Å². The minimum absolute atomic E-state index is 0.208. The number of anilines is 1. The Balaban J connectivity index is 1.80. The summed E-state index contributed by atoms with van der Waals surface area (Å²) in [4.78, 5) is 11.7. The molecule has 0 amide bonds. The second-order valence-corrected chi connectivity index (χ2v) is 8.57. The smallest absolute Gasteiger partial charge is 0.306 e. The van der Waals surface area contributed by atoms with Crippen molar-refractivity contribution in [3.8, 4) is 0 Å². The van der Waals surface area contributed by atoms with Gasteiger partial charge in [0.2, 0.25) is 15.8 Å². The van der Waals surface area contributed by atoms with E-state index in [9.17, 15) is 22.9 Å². The maximum atomic E-state index is 13.5. The first kappa shape index (κ1) is 19.5. The normalized spacial score (nSPS) is 15.7. The Morgan fingerprint density at radius 1 is 1.11 bits per heavy atom. The number of nitro benzene ring substituents is 1. The molecule has 1 saturated heterocycles. The molecule has 0 aliphatic carbocycles. The molecule has 0 saturated carbocycles. The summed E-state index contributed by atoms with van der Waals surface area (Å²) in [5.74, 6) is -1.07. The van der Waals surface area contributed by atoms with Crippen LogP contribution in [0.1, 0.15) is 5.56 Å². The lowest BCUT2D eigenvalue weighted by atomic mass is 10.1. The number of piperazine rings is 1. The standard InChI is InChI=1S/C17H17ClFN3O4S/c1-12-2-3-13(18)10-16(12)20-6-8-21(9-7-20)27(25,26)14-4-5-15(19)17(11-14)22(23)24/h2-5,10-11H,6-9H2,1H3. The van der Waals surface area contributed by atoms with Crippen LogP contribution in [0.25, 0.3) is 0 Å². The lowest BCUT2D eigenvalue weighted by Crippen LogP contribution is -2.48. The van der Waals surface area contributed by atoms with E-state index in [1.807, 2.05) is 24.0 Å². The molecule has 0 atom stereocenters. The van der Waals surface area contributed by atoms with Crippen LogP contribution in [-0.4, -0.2) is 43.8 Å². The molecule has 0 unspecified atom stereocenters. The third-order valence-corrected chi connectivity index (χ3v) is 6.63. The van der Waals surface area contributed by atoms with E-state index in [0.717, 1.165) is 29.4 Å². The van der Waals surface area contributed by atoms with E-state index >= 15 is 0 Å². The van der Waals surface area contributed by atoms with Crippen LogP contribution in [0.15, 0.2) is 41.3 Å². The summed E-state index contributed by atoms with van der Waals surface area (Å²) >= 11 is 6.05. The fourth-order valence-corrected chi connectivity index (χ4v) is 4.64. The lowest BCUT2D eigenvalue weighted by Gasteiger charge is -2.36. The highest BCUT2D eigenvalue weighted by molar-refractivity contribution is 7.89. The van der Waals surface area contributed by atoms with Gasteiger partial charge in [-0.05, 0) is 36.8 Å².